The van der Waals surface area contributed by atoms with Gasteiger partial charge in [-0.15, -0.1) is 0 Å². The van der Waals surface area contributed by atoms with E-state index in [0.29, 0.717) is 71.4 Å². The molecule has 3 aliphatic rings. The normalized spacial score (nSPS) is 16.4. The van der Waals surface area contributed by atoms with E-state index in [1.165, 1.54) is 0 Å². The summed E-state index contributed by atoms with van der Waals surface area (Å²) in [6, 6.07) is 20.3. The molecular formula is C46H48N8O9. The molecule has 1 atom stereocenters. The number of rotatable bonds is 18. The van der Waals surface area contributed by atoms with Crippen molar-refractivity contribution in [2.45, 2.75) is 31.8 Å². The van der Waals surface area contributed by atoms with Crippen LogP contribution in [0.4, 0.5) is 5.69 Å². The van der Waals surface area contributed by atoms with Crippen LogP contribution in [0.3, 0.4) is 0 Å². The molecule has 5 aromatic rings. The number of ether oxygens (including phenoxy) is 3. The number of amides is 6. The molecule has 326 valence electrons. The molecule has 8 rings (SSSR count). The average molecular weight is 857 g/mol. The van der Waals surface area contributed by atoms with E-state index in [0.717, 1.165) is 37.9 Å². The number of hydrogen-bond acceptors (Lipinski definition) is 12. The fraction of sp³-hybridized carbons (Fsp3) is 0.348. The first-order chi connectivity index (χ1) is 30.7. The molecule has 63 heavy (non-hydrogen) atoms. The summed E-state index contributed by atoms with van der Waals surface area (Å²) in [6.07, 6.45) is 7.77. The SMILES string of the molecule is O=C1CCC(N2C(=O)c3cccc(NCCOCCOCCOCCC(=O)N4CCN(C(=O)Cn5cc(-c6ccc(-c7cncc8ccccc78)cc6)cn5)CC4)c3C2=O)C(=O)N1. The van der Waals surface area contributed by atoms with E-state index in [-0.39, 0.29) is 55.4 Å². The largest absolute Gasteiger partial charge is 0.382 e. The van der Waals surface area contributed by atoms with Gasteiger partial charge in [0, 0.05) is 79.9 Å². The molecule has 17 heteroatoms. The van der Waals surface area contributed by atoms with Crippen molar-refractivity contribution in [3.8, 4) is 22.3 Å². The van der Waals surface area contributed by atoms with Crippen molar-refractivity contribution in [1.29, 1.82) is 0 Å². The second-order valence-corrected chi connectivity index (χ2v) is 15.4. The average Bonchev–Trinajstić information content (AvgIpc) is 3.87. The van der Waals surface area contributed by atoms with Crippen LogP contribution >= 0.6 is 0 Å². The van der Waals surface area contributed by atoms with Crippen LogP contribution in [0.5, 0.6) is 0 Å². The number of imide groups is 2. The Morgan fingerprint density at radius 2 is 1.40 bits per heavy atom. The number of nitrogens with one attached hydrogen (secondary N) is 2. The number of hydrogen-bond donors (Lipinski definition) is 2. The van der Waals surface area contributed by atoms with E-state index < -0.39 is 29.7 Å². The topological polar surface area (TPSA) is 195 Å². The maximum absolute atomic E-state index is 13.2. The smallest absolute Gasteiger partial charge is 0.264 e. The molecule has 17 nitrogen and oxygen atoms in total. The first-order valence-electron chi connectivity index (χ1n) is 21.1. The summed E-state index contributed by atoms with van der Waals surface area (Å²) >= 11 is 0. The number of benzene rings is 3. The van der Waals surface area contributed by atoms with E-state index in [4.69, 9.17) is 14.2 Å². The molecule has 2 saturated heterocycles. The third-order valence-corrected chi connectivity index (χ3v) is 11.3. The highest BCUT2D eigenvalue weighted by molar-refractivity contribution is 6.25. The van der Waals surface area contributed by atoms with E-state index in [2.05, 4.69) is 57.1 Å². The van der Waals surface area contributed by atoms with Crippen LogP contribution in [-0.4, -0.2) is 143 Å². The Labute approximate surface area is 363 Å². The second kappa shape index (κ2) is 19.9. The molecule has 2 aromatic heterocycles. The summed E-state index contributed by atoms with van der Waals surface area (Å²) in [5.74, 6) is -2.29. The highest BCUT2D eigenvalue weighted by Crippen LogP contribution is 2.33. The third kappa shape index (κ3) is 9.96. The fourth-order valence-electron chi connectivity index (χ4n) is 8.01. The molecule has 6 amide bonds. The molecular weight excluding hydrogens is 809 g/mol. The molecule has 0 aliphatic carbocycles. The van der Waals surface area contributed by atoms with Gasteiger partial charge in [0.2, 0.25) is 23.6 Å². The summed E-state index contributed by atoms with van der Waals surface area (Å²) in [6.45, 7) is 4.18. The maximum atomic E-state index is 13.2. The highest BCUT2D eigenvalue weighted by atomic mass is 16.5. The van der Waals surface area contributed by atoms with E-state index in [1.807, 2.05) is 30.7 Å². The van der Waals surface area contributed by atoms with Crippen LogP contribution in [-0.2, 0) is 39.9 Å². The van der Waals surface area contributed by atoms with Crippen LogP contribution in [0, 0.1) is 0 Å². The van der Waals surface area contributed by atoms with Gasteiger partial charge >= 0.3 is 0 Å². The van der Waals surface area contributed by atoms with Crippen molar-refractivity contribution in [3.05, 3.63) is 103 Å². The number of fused-ring (bicyclic) bond motifs is 2. The van der Waals surface area contributed by atoms with Gasteiger partial charge in [0.05, 0.1) is 63.4 Å². The van der Waals surface area contributed by atoms with Gasteiger partial charge in [0.25, 0.3) is 11.8 Å². The Hall–Kier alpha value is -6.82. The lowest BCUT2D eigenvalue weighted by Crippen LogP contribution is -2.54. The highest BCUT2D eigenvalue weighted by Gasteiger charge is 2.45. The number of piperidine rings is 1. The Balaban J connectivity index is 0.662. The molecule has 1 unspecified atom stereocenters. The van der Waals surface area contributed by atoms with Crippen LogP contribution in [0.1, 0.15) is 40.0 Å². The molecule has 2 fully saturated rings. The van der Waals surface area contributed by atoms with Crippen molar-refractivity contribution >= 4 is 51.9 Å². The van der Waals surface area contributed by atoms with Crippen LogP contribution in [0.25, 0.3) is 33.0 Å². The van der Waals surface area contributed by atoms with Gasteiger partial charge in [-0.2, -0.15) is 5.10 Å². The predicted octanol–water partition coefficient (Wildman–Crippen LogP) is 3.39. The molecule has 0 radical (unpaired) electrons. The predicted molar refractivity (Wildman–Crippen MR) is 230 cm³/mol. The first kappa shape index (κ1) is 42.9. The summed E-state index contributed by atoms with van der Waals surface area (Å²) in [5.41, 5.74) is 4.92. The van der Waals surface area contributed by atoms with E-state index in [9.17, 15) is 28.8 Å². The monoisotopic (exact) mass is 856 g/mol. The quantitative estimate of drug-likeness (QED) is 0.0966. The van der Waals surface area contributed by atoms with Crippen LogP contribution < -0.4 is 10.6 Å². The van der Waals surface area contributed by atoms with E-state index in [1.54, 1.807) is 38.9 Å². The van der Waals surface area contributed by atoms with Crippen molar-refractivity contribution in [1.82, 2.24) is 34.8 Å². The van der Waals surface area contributed by atoms with Gasteiger partial charge < -0.3 is 29.3 Å². The minimum atomic E-state index is -1.03. The lowest BCUT2D eigenvalue weighted by atomic mass is 9.99. The van der Waals surface area contributed by atoms with Crippen molar-refractivity contribution in [2.75, 3.05) is 77.7 Å². The number of piperazine rings is 1. The molecule has 5 heterocycles. The van der Waals surface area contributed by atoms with Crippen LogP contribution in [0.2, 0.25) is 0 Å². The van der Waals surface area contributed by atoms with Crippen LogP contribution in [0.15, 0.2) is 91.5 Å². The summed E-state index contributed by atoms with van der Waals surface area (Å²) < 4.78 is 18.5. The molecule has 0 bridgehead atoms. The Bertz CT molecular complexity index is 2490. The first-order valence-corrected chi connectivity index (χ1v) is 21.1. The van der Waals surface area contributed by atoms with Gasteiger partial charge in [-0.3, -0.25) is 48.6 Å². The lowest BCUT2D eigenvalue weighted by molar-refractivity contribution is -0.140. The van der Waals surface area contributed by atoms with Gasteiger partial charge in [-0.1, -0.05) is 54.6 Å². The number of carbonyl (C=O) groups is 6. The van der Waals surface area contributed by atoms with Crippen molar-refractivity contribution in [2.24, 2.45) is 0 Å². The van der Waals surface area contributed by atoms with Gasteiger partial charge in [0.15, 0.2) is 0 Å². The van der Waals surface area contributed by atoms with Gasteiger partial charge in [0.1, 0.15) is 12.6 Å². The summed E-state index contributed by atoms with van der Waals surface area (Å²) in [4.78, 5) is 85.0. The summed E-state index contributed by atoms with van der Waals surface area (Å²) in [7, 11) is 0. The van der Waals surface area contributed by atoms with Gasteiger partial charge in [-0.25, -0.2) is 0 Å². The van der Waals surface area contributed by atoms with Crippen molar-refractivity contribution < 1.29 is 43.0 Å². The Kier molecular flexibility index (Phi) is 13.5. The number of anilines is 1. The molecule has 2 N–H and O–H groups in total. The lowest BCUT2D eigenvalue weighted by Gasteiger charge is -2.34. The molecule has 3 aromatic carbocycles. The zero-order valence-electron chi connectivity index (χ0n) is 34.7. The molecule has 0 saturated carbocycles. The molecule has 3 aliphatic heterocycles. The molecule has 0 spiro atoms. The standard InChI is InChI=1S/C46H48N8O9/c55-40-13-12-39(44(58)50-40)54-45(59)36-6-3-7-38(43(36)46(54)60)48-15-21-62-23-25-63-24-22-61-20-14-41(56)51-16-18-52(19-17-51)42(57)30-53-29-34(27-49-53)31-8-10-32(11-9-31)37-28-47-26-33-4-1-2-5-35(33)37/h1-11,26-29,39,48H,12-25,30H2,(H,50,55,58). The maximum Gasteiger partial charge on any atom is 0.264 e. The zero-order chi connectivity index (χ0) is 43.7. The zero-order valence-corrected chi connectivity index (χ0v) is 34.7. The minimum Gasteiger partial charge on any atom is -0.382 e. The summed E-state index contributed by atoms with van der Waals surface area (Å²) in [5, 5.41) is 12.0. The number of carbonyl (C=O) groups excluding carboxylic acids is 6. The fourth-order valence-corrected chi connectivity index (χ4v) is 8.01. The number of nitrogens with zero attached hydrogens (tertiary/aromatic N) is 6. The number of aromatic nitrogens is 3. The number of pyridine rings is 1. The van der Waals surface area contributed by atoms with Crippen molar-refractivity contribution in [3.63, 3.8) is 0 Å². The Morgan fingerprint density at radius 1 is 0.698 bits per heavy atom. The Morgan fingerprint density at radius 3 is 2.16 bits per heavy atom. The minimum absolute atomic E-state index is 0.0208. The van der Waals surface area contributed by atoms with E-state index >= 15 is 0 Å². The second-order valence-electron chi connectivity index (χ2n) is 15.4. The van der Waals surface area contributed by atoms with Gasteiger partial charge in [-0.05, 0) is 35.1 Å². The third-order valence-electron chi connectivity index (χ3n) is 11.3.